The molecule has 0 aliphatic carbocycles. The van der Waals surface area contributed by atoms with Gasteiger partial charge in [0.25, 0.3) is 0 Å². The maximum absolute atomic E-state index is 12.7. The number of halogens is 1. The number of anilines is 2. The lowest BCUT2D eigenvalue weighted by Crippen LogP contribution is -2.35. The van der Waals surface area contributed by atoms with Crippen LogP contribution >= 0.6 is 11.6 Å². The number of pyridine rings is 1. The van der Waals surface area contributed by atoms with Crippen LogP contribution in [0.25, 0.3) is 0 Å². The van der Waals surface area contributed by atoms with Gasteiger partial charge in [-0.05, 0) is 59.9 Å². The number of rotatable bonds is 6. The van der Waals surface area contributed by atoms with Gasteiger partial charge < -0.3 is 38.6 Å². The number of fused-ring (bicyclic) bond motifs is 2. The largest absolute Gasteiger partial charge is 0.495 e. The van der Waals surface area contributed by atoms with E-state index in [1.54, 1.807) is 31.4 Å². The smallest absolute Gasteiger partial charge is 0.227 e. The van der Waals surface area contributed by atoms with E-state index in [0.29, 0.717) is 75.3 Å². The number of methoxy groups -OCH3 is 2. The number of amides is 2. The van der Waals surface area contributed by atoms with E-state index in [9.17, 15) is 9.59 Å². The van der Waals surface area contributed by atoms with Gasteiger partial charge in [0.1, 0.15) is 16.7 Å². The summed E-state index contributed by atoms with van der Waals surface area (Å²) in [7, 11) is 3.21. The van der Waals surface area contributed by atoms with Crippen molar-refractivity contribution in [3.63, 3.8) is 0 Å². The Bertz CT molecular complexity index is 1520. The summed E-state index contributed by atoms with van der Waals surface area (Å²) < 4.78 is 33.3. The van der Waals surface area contributed by atoms with Crippen molar-refractivity contribution >= 4 is 34.8 Å². The molecule has 11 nitrogen and oxygen atoms in total. The van der Waals surface area contributed by atoms with Gasteiger partial charge in [-0.15, -0.1) is 0 Å². The summed E-state index contributed by atoms with van der Waals surface area (Å²) in [5.74, 6) is 1.42. The Labute approximate surface area is 260 Å². The van der Waals surface area contributed by atoms with Crippen molar-refractivity contribution in [2.75, 3.05) is 50.9 Å². The van der Waals surface area contributed by atoms with Crippen molar-refractivity contribution in [1.29, 1.82) is 0 Å². The highest BCUT2D eigenvalue weighted by atomic mass is 35.5. The first-order chi connectivity index (χ1) is 21.5. The minimum Gasteiger partial charge on any atom is -0.495 e. The second-order valence-electron chi connectivity index (χ2n) is 10.6. The molecule has 0 radical (unpaired) electrons. The third-order valence-corrected chi connectivity index (χ3v) is 8.16. The molecule has 44 heavy (non-hydrogen) atoms. The lowest BCUT2D eigenvalue weighted by molar-refractivity contribution is -0.119. The van der Waals surface area contributed by atoms with Gasteiger partial charge in [0, 0.05) is 30.2 Å². The maximum Gasteiger partial charge on any atom is 0.227 e. The van der Waals surface area contributed by atoms with E-state index in [1.807, 2.05) is 30.3 Å². The van der Waals surface area contributed by atoms with E-state index in [-0.39, 0.29) is 24.4 Å². The average Bonchev–Trinajstić information content (AvgIpc) is 3.78. The molecule has 2 amide bonds. The predicted molar refractivity (Wildman–Crippen MR) is 161 cm³/mol. The standard InChI is InChI=1S/C19H19ClN2O4.C13H15NO4/c1-24-15-5-3-14(19-25-8-9-26-19)13-4-7-17(23)22(18(13)15)11-12-2-6-16(20)21-10-12;1-16-10-4-2-9(13-17-6-7-18-13)8-3-5-11(15)14-12(8)10/h2-3,5-6,10,19H,4,7-9,11H2,1H3;2,4,13H,3,5-7H2,1H3,(H,14,15). The van der Waals surface area contributed by atoms with Gasteiger partial charge in [0.15, 0.2) is 12.6 Å². The predicted octanol–water partition coefficient (Wildman–Crippen LogP) is 4.89. The third-order valence-electron chi connectivity index (χ3n) is 7.94. The van der Waals surface area contributed by atoms with Crippen molar-refractivity contribution < 1.29 is 38.0 Å². The van der Waals surface area contributed by atoms with Crippen LogP contribution in [0, 0.1) is 0 Å². The van der Waals surface area contributed by atoms with Crippen LogP contribution in [0.2, 0.25) is 5.15 Å². The van der Waals surface area contributed by atoms with Gasteiger partial charge in [-0.2, -0.15) is 0 Å². The second-order valence-corrected chi connectivity index (χ2v) is 10.9. The molecule has 2 fully saturated rings. The molecule has 5 heterocycles. The van der Waals surface area contributed by atoms with Gasteiger partial charge in [0.2, 0.25) is 11.8 Å². The van der Waals surface area contributed by atoms with Crippen molar-refractivity contribution in [3.05, 3.63) is 75.6 Å². The van der Waals surface area contributed by atoms with Crippen molar-refractivity contribution in [2.24, 2.45) is 0 Å². The highest BCUT2D eigenvalue weighted by Gasteiger charge is 2.33. The number of aromatic nitrogens is 1. The number of carbonyl (C=O) groups is 2. The van der Waals surface area contributed by atoms with Crippen LogP contribution in [0.4, 0.5) is 11.4 Å². The zero-order valence-corrected chi connectivity index (χ0v) is 25.4. The summed E-state index contributed by atoms with van der Waals surface area (Å²) >= 11 is 5.87. The highest BCUT2D eigenvalue weighted by molar-refractivity contribution is 6.29. The molecule has 12 heteroatoms. The lowest BCUT2D eigenvalue weighted by Gasteiger charge is -2.33. The van der Waals surface area contributed by atoms with Crippen molar-refractivity contribution in [1.82, 2.24) is 4.98 Å². The van der Waals surface area contributed by atoms with Crippen LogP contribution in [-0.4, -0.2) is 57.4 Å². The van der Waals surface area contributed by atoms with E-state index in [1.165, 1.54) is 0 Å². The molecular weight excluding hydrogens is 590 g/mol. The van der Waals surface area contributed by atoms with E-state index < -0.39 is 0 Å². The Kier molecular flexibility index (Phi) is 9.29. The highest BCUT2D eigenvalue weighted by Crippen LogP contribution is 2.43. The molecule has 1 aromatic heterocycles. The third kappa shape index (κ3) is 6.24. The number of benzene rings is 2. The van der Waals surface area contributed by atoms with Gasteiger partial charge in [-0.3, -0.25) is 9.59 Å². The topological polar surface area (TPSA) is 118 Å². The molecule has 2 saturated heterocycles. The summed E-state index contributed by atoms with van der Waals surface area (Å²) in [6.07, 6.45) is 3.22. The van der Waals surface area contributed by atoms with E-state index in [2.05, 4.69) is 10.3 Å². The number of nitrogens with zero attached hydrogens (tertiary/aromatic N) is 2. The second kappa shape index (κ2) is 13.5. The summed E-state index contributed by atoms with van der Waals surface area (Å²) in [6.45, 7) is 2.77. The lowest BCUT2D eigenvalue weighted by atomic mass is 9.94. The molecule has 7 rings (SSSR count). The Balaban J connectivity index is 0.000000167. The maximum atomic E-state index is 12.7. The van der Waals surface area contributed by atoms with Gasteiger partial charge in [0.05, 0.1) is 58.6 Å². The van der Waals surface area contributed by atoms with Gasteiger partial charge in [-0.1, -0.05) is 17.7 Å². The van der Waals surface area contributed by atoms with E-state index >= 15 is 0 Å². The van der Waals surface area contributed by atoms with Crippen molar-refractivity contribution in [3.8, 4) is 11.5 Å². The molecule has 232 valence electrons. The quantitative estimate of drug-likeness (QED) is 0.383. The minimum atomic E-state index is -0.387. The van der Waals surface area contributed by atoms with Gasteiger partial charge in [-0.25, -0.2) is 4.98 Å². The van der Waals surface area contributed by atoms with Crippen LogP contribution in [0.5, 0.6) is 11.5 Å². The molecule has 2 aromatic carbocycles. The number of carbonyl (C=O) groups excluding carboxylic acids is 2. The normalized spacial score (nSPS) is 18.3. The molecule has 0 bridgehead atoms. The number of nitrogens with one attached hydrogen (secondary N) is 1. The number of hydrogen-bond acceptors (Lipinski definition) is 9. The summed E-state index contributed by atoms with van der Waals surface area (Å²) in [5, 5.41) is 3.29. The Morgan fingerprint density at radius 2 is 1.43 bits per heavy atom. The first-order valence-corrected chi connectivity index (χ1v) is 14.9. The fourth-order valence-corrected chi connectivity index (χ4v) is 5.98. The Morgan fingerprint density at radius 3 is 2.05 bits per heavy atom. The first kappa shape index (κ1) is 30.3. The van der Waals surface area contributed by atoms with E-state index in [0.717, 1.165) is 39.2 Å². The first-order valence-electron chi connectivity index (χ1n) is 14.5. The fourth-order valence-electron chi connectivity index (χ4n) is 5.87. The monoisotopic (exact) mass is 623 g/mol. The van der Waals surface area contributed by atoms with Crippen LogP contribution in [0.15, 0.2) is 42.6 Å². The molecule has 3 aromatic rings. The van der Waals surface area contributed by atoms with Crippen LogP contribution in [0.3, 0.4) is 0 Å². The van der Waals surface area contributed by atoms with E-state index in [4.69, 9.17) is 40.0 Å². The zero-order valence-electron chi connectivity index (χ0n) is 24.6. The minimum absolute atomic E-state index is 0.0196. The number of ether oxygens (including phenoxy) is 6. The molecule has 1 N–H and O–H groups in total. The summed E-state index contributed by atoms with van der Waals surface area (Å²) in [6, 6.07) is 11.2. The SMILES string of the molecule is COc1ccc(C2OCCO2)c2c1N(Cc1ccc(Cl)nc1)C(=O)CC2.COc1ccc(C2OCCO2)c2c1NC(=O)CC2. The molecular formula is C32H34ClN3O8. The number of hydrogen-bond donors (Lipinski definition) is 1. The Morgan fingerprint density at radius 1 is 0.818 bits per heavy atom. The van der Waals surface area contributed by atoms with Crippen LogP contribution < -0.4 is 19.7 Å². The molecule has 0 atom stereocenters. The van der Waals surface area contributed by atoms with Crippen LogP contribution in [0.1, 0.15) is 53.2 Å². The Hall–Kier alpha value is -3.74. The molecule has 4 aliphatic heterocycles. The molecule has 0 saturated carbocycles. The molecule has 0 unspecified atom stereocenters. The van der Waals surface area contributed by atoms with Crippen LogP contribution in [-0.2, 0) is 47.9 Å². The average molecular weight is 624 g/mol. The molecule has 0 spiro atoms. The van der Waals surface area contributed by atoms with Gasteiger partial charge >= 0.3 is 0 Å². The summed E-state index contributed by atoms with van der Waals surface area (Å²) in [4.78, 5) is 30.0. The van der Waals surface area contributed by atoms with Crippen molar-refractivity contribution in [2.45, 2.75) is 44.8 Å². The molecule has 4 aliphatic rings. The zero-order chi connectivity index (χ0) is 30.6. The fraction of sp³-hybridized carbons (Fsp3) is 0.406. The summed E-state index contributed by atoms with van der Waals surface area (Å²) in [5.41, 5.74) is 6.49.